The van der Waals surface area contributed by atoms with Gasteiger partial charge in [0.05, 0.1) is 18.3 Å². The van der Waals surface area contributed by atoms with Gasteiger partial charge in [0.2, 0.25) is 0 Å². The molecular formula is C11H20O3. The zero-order valence-electron chi connectivity index (χ0n) is 9.08. The smallest absolute Gasteiger partial charge is 0.336 e. The van der Waals surface area contributed by atoms with Gasteiger partial charge in [-0.05, 0) is 13.3 Å². The number of rotatable bonds is 7. The average molecular weight is 200 g/mol. The first-order chi connectivity index (χ1) is 6.63. The Morgan fingerprint density at radius 1 is 1.43 bits per heavy atom. The normalized spacial score (nSPS) is 12.2. The SMILES string of the molecule is C=C(C(=O)OCC)C(O)CCCCC. The number of hydrogen-bond donors (Lipinski definition) is 1. The van der Waals surface area contributed by atoms with E-state index >= 15 is 0 Å². The first-order valence-corrected chi connectivity index (χ1v) is 5.17. The highest BCUT2D eigenvalue weighted by atomic mass is 16.5. The van der Waals surface area contributed by atoms with Crippen LogP contribution in [0.4, 0.5) is 0 Å². The topological polar surface area (TPSA) is 46.5 Å². The second kappa shape index (κ2) is 7.56. The number of esters is 1. The fourth-order valence-corrected chi connectivity index (χ4v) is 1.12. The van der Waals surface area contributed by atoms with Crippen molar-refractivity contribution in [3.8, 4) is 0 Å². The highest BCUT2D eigenvalue weighted by Gasteiger charge is 2.16. The number of aliphatic hydroxyl groups excluding tert-OH is 1. The van der Waals surface area contributed by atoms with Gasteiger partial charge < -0.3 is 9.84 Å². The lowest BCUT2D eigenvalue weighted by Gasteiger charge is -2.11. The van der Waals surface area contributed by atoms with Crippen LogP contribution in [0.15, 0.2) is 12.2 Å². The lowest BCUT2D eigenvalue weighted by atomic mass is 10.0. The molecule has 0 rings (SSSR count). The van der Waals surface area contributed by atoms with Crippen LogP contribution in [-0.2, 0) is 9.53 Å². The second-order valence-corrected chi connectivity index (χ2v) is 3.26. The molecule has 3 nitrogen and oxygen atoms in total. The van der Waals surface area contributed by atoms with Gasteiger partial charge in [-0.15, -0.1) is 0 Å². The number of ether oxygens (including phenoxy) is 1. The van der Waals surface area contributed by atoms with Gasteiger partial charge in [0.15, 0.2) is 0 Å². The molecule has 0 saturated heterocycles. The first kappa shape index (κ1) is 13.2. The molecule has 0 aliphatic heterocycles. The van der Waals surface area contributed by atoms with Crippen molar-refractivity contribution in [2.24, 2.45) is 0 Å². The van der Waals surface area contributed by atoms with Gasteiger partial charge in [-0.3, -0.25) is 0 Å². The number of unbranched alkanes of at least 4 members (excludes halogenated alkanes) is 2. The largest absolute Gasteiger partial charge is 0.463 e. The maximum absolute atomic E-state index is 11.1. The molecule has 0 saturated carbocycles. The van der Waals surface area contributed by atoms with E-state index in [2.05, 4.69) is 13.5 Å². The number of carbonyl (C=O) groups excluding carboxylic acids is 1. The predicted molar refractivity (Wildman–Crippen MR) is 55.9 cm³/mol. The lowest BCUT2D eigenvalue weighted by molar-refractivity contribution is -0.139. The summed E-state index contributed by atoms with van der Waals surface area (Å²) in [6.07, 6.45) is 2.91. The van der Waals surface area contributed by atoms with Gasteiger partial charge in [-0.1, -0.05) is 32.8 Å². The van der Waals surface area contributed by atoms with Crippen molar-refractivity contribution >= 4 is 5.97 Å². The summed E-state index contributed by atoms with van der Waals surface area (Å²) in [5.74, 6) is -0.489. The Morgan fingerprint density at radius 2 is 2.07 bits per heavy atom. The van der Waals surface area contributed by atoms with Crippen LogP contribution in [0.3, 0.4) is 0 Å². The summed E-state index contributed by atoms with van der Waals surface area (Å²) < 4.78 is 4.73. The second-order valence-electron chi connectivity index (χ2n) is 3.26. The van der Waals surface area contributed by atoms with E-state index in [1.165, 1.54) is 0 Å². The zero-order valence-corrected chi connectivity index (χ0v) is 9.08. The van der Waals surface area contributed by atoms with E-state index in [9.17, 15) is 9.90 Å². The maximum Gasteiger partial charge on any atom is 0.336 e. The van der Waals surface area contributed by atoms with Crippen LogP contribution < -0.4 is 0 Å². The molecule has 3 heteroatoms. The molecule has 0 aromatic heterocycles. The van der Waals surface area contributed by atoms with Crippen LogP contribution >= 0.6 is 0 Å². The standard InChI is InChI=1S/C11H20O3/c1-4-6-7-8-10(12)9(3)11(13)14-5-2/h10,12H,3-8H2,1-2H3. The number of aliphatic hydroxyl groups is 1. The highest BCUT2D eigenvalue weighted by molar-refractivity contribution is 5.88. The van der Waals surface area contributed by atoms with Crippen molar-refractivity contribution in [2.45, 2.75) is 45.6 Å². The van der Waals surface area contributed by atoms with Crippen molar-refractivity contribution in [3.05, 3.63) is 12.2 Å². The van der Waals surface area contributed by atoms with Crippen molar-refractivity contribution in [3.63, 3.8) is 0 Å². The molecular weight excluding hydrogens is 180 g/mol. The fraction of sp³-hybridized carbons (Fsp3) is 0.727. The molecule has 82 valence electrons. The molecule has 0 amide bonds. The van der Waals surface area contributed by atoms with Gasteiger partial charge in [0.25, 0.3) is 0 Å². The Hall–Kier alpha value is -0.830. The Morgan fingerprint density at radius 3 is 2.57 bits per heavy atom. The molecule has 0 heterocycles. The molecule has 0 aliphatic rings. The third kappa shape index (κ3) is 5.02. The van der Waals surface area contributed by atoms with Crippen molar-refractivity contribution in [1.82, 2.24) is 0 Å². The summed E-state index contributed by atoms with van der Waals surface area (Å²) in [6.45, 7) is 7.67. The molecule has 1 unspecified atom stereocenters. The van der Waals surface area contributed by atoms with Gasteiger partial charge in [-0.25, -0.2) is 4.79 Å². The minimum atomic E-state index is -0.749. The van der Waals surface area contributed by atoms with E-state index in [1.54, 1.807) is 6.92 Å². The first-order valence-electron chi connectivity index (χ1n) is 5.17. The fourth-order valence-electron chi connectivity index (χ4n) is 1.12. The van der Waals surface area contributed by atoms with Crippen LogP contribution in [0.1, 0.15) is 39.5 Å². The van der Waals surface area contributed by atoms with Crippen molar-refractivity contribution in [2.75, 3.05) is 6.61 Å². The number of carbonyl (C=O) groups is 1. The molecule has 0 fully saturated rings. The number of hydrogen-bond acceptors (Lipinski definition) is 3. The van der Waals surface area contributed by atoms with Gasteiger partial charge in [0, 0.05) is 0 Å². The molecule has 0 bridgehead atoms. The molecule has 0 aliphatic carbocycles. The molecule has 1 atom stereocenters. The van der Waals surface area contributed by atoms with E-state index in [0.717, 1.165) is 19.3 Å². The maximum atomic E-state index is 11.1. The average Bonchev–Trinajstić information content (AvgIpc) is 2.17. The Bertz CT molecular complexity index is 187. The van der Waals surface area contributed by atoms with Gasteiger partial charge >= 0.3 is 5.97 Å². The van der Waals surface area contributed by atoms with E-state index in [4.69, 9.17) is 4.74 Å². The van der Waals surface area contributed by atoms with E-state index in [0.29, 0.717) is 13.0 Å². The predicted octanol–water partition coefficient (Wildman–Crippen LogP) is 2.05. The van der Waals surface area contributed by atoms with E-state index in [-0.39, 0.29) is 5.57 Å². The molecule has 1 N–H and O–H groups in total. The summed E-state index contributed by atoms with van der Waals surface area (Å²) in [5.41, 5.74) is 0.169. The Kier molecular flexibility index (Phi) is 7.11. The third-order valence-corrected chi connectivity index (χ3v) is 2.02. The quantitative estimate of drug-likeness (QED) is 0.388. The highest BCUT2D eigenvalue weighted by Crippen LogP contribution is 2.11. The van der Waals surface area contributed by atoms with Gasteiger partial charge in [0.1, 0.15) is 0 Å². The summed E-state index contributed by atoms with van der Waals surface area (Å²) in [7, 11) is 0. The lowest BCUT2D eigenvalue weighted by Crippen LogP contribution is -2.19. The molecule has 14 heavy (non-hydrogen) atoms. The summed E-state index contributed by atoms with van der Waals surface area (Å²) in [5, 5.41) is 9.54. The molecule has 0 radical (unpaired) electrons. The Labute approximate surface area is 85.8 Å². The minimum Gasteiger partial charge on any atom is -0.463 e. The zero-order chi connectivity index (χ0) is 11.0. The summed E-state index contributed by atoms with van der Waals surface area (Å²) >= 11 is 0. The van der Waals surface area contributed by atoms with E-state index in [1.807, 2.05) is 0 Å². The van der Waals surface area contributed by atoms with Crippen LogP contribution in [0.5, 0.6) is 0 Å². The van der Waals surface area contributed by atoms with Crippen LogP contribution in [0.25, 0.3) is 0 Å². The van der Waals surface area contributed by atoms with Crippen molar-refractivity contribution < 1.29 is 14.6 Å². The van der Waals surface area contributed by atoms with E-state index < -0.39 is 12.1 Å². The molecule has 0 spiro atoms. The monoisotopic (exact) mass is 200 g/mol. The third-order valence-electron chi connectivity index (χ3n) is 2.02. The van der Waals surface area contributed by atoms with Crippen molar-refractivity contribution in [1.29, 1.82) is 0 Å². The van der Waals surface area contributed by atoms with Crippen LogP contribution in [0.2, 0.25) is 0 Å². The van der Waals surface area contributed by atoms with Gasteiger partial charge in [-0.2, -0.15) is 0 Å². The summed E-state index contributed by atoms with van der Waals surface area (Å²) in [6, 6.07) is 0. The van der Waals surface area contributed by atoms with Crippen LogP contribution in [0, 0.1) is 0 Å². The van der Waals surface area contributed by atoms with Crippen LogP contribution in [-0.4, -0.2) is 23.8 Å². The minimum absolute atomic E-state index is 0.169. The Balaban J connectivity index is 3.80. The summed E-state index contributed by atoms with van der Waals surface area (Å²) in [4.78, 5) is 11.1. The molecule has 0 aromatic carbocycles. The molecule has 0 aromatic rings.